The molecule has 0 fully saturated rings. The van der Waals surface area contributed by atoms with Gasteiger partial charge in [0.15, 0.2) is 5.76 Å². The van der Waals surface area contributed by atoms with Crippen LogP contribution >= 0.6 is 0 Å². The Kier molecular flexibility index (Phi) is 2.10. The number of rotatable bonds is 0. The monoisotopic (exact) mass is 259 g/mol. The van der Waals surface area contributed by atoms with Crippen molar-refractivity contribution in [1.82, 2.24) is 0 Å². The third-order valence-corrected chi connectivity index (χ3v) is 3.76. The summed E-state index contributed by atoms with van der Waals surface area (Å²) >= 11 is 0. The highest BCUT2D eigenvalue weighted by Gasteiger charge is 2.28. The molecule has 94 valence electrons. The fourth-order valence-corrected chi connectivity index (χ4v) is 2.79. The number of nitriles is 1. The number of fused-ring (bicyclic) bond motifs is 4. The molecule has 3 heteroatoms. The molecule has 0 N–H and O–H groups in total. The SMILES string of the molecule is N#Cc1ccc2c3c(oc2c1)C(=O)c1ccccc1C3. The topological polar surface area (TPSA) is 54.0 Å². The van der Waals surface area contributed by atoms with Gasteiger partial charge < -0.3 is 4.42 Å². The number of furan rings is 1. The van der Waals surface area contributed by atoms with Crippen molar-refractivity contribution in [2.24, 2.45) is 0 Å². The Hall–Kier alpha value is -2.86. The molecule has 3 nitrogen and oxygen atoms in total. The molecule has 20 heavy (non-hydrogen) atoms. The molecular formula is C17H9NO2. The minimum Gasteiger partial charge on any atom is -0.452 e. The molecule has 0 aliphatic heterocycles. The Morgan fingerprint density at radius 1 is 1.15 bits per heavy atom. The van der Waals surface area contributed by atoms with Gasteiger partial charge in [-0.2, -0.15) is 5.26 Å². The van der Waals surface area contributed by atoms with Gasteiger partial charge in [0.05, 0.1) is 11.6 Å². The second-order valence-corrected chi connectivity index (χ2v) is 4.90. The summed E-state index contributed by atoms with van der Waals surface area (Å²) in [5.74, 6) is 0.338. The minimum atomic E-state index is -0.0726. The lowest BCUT2D eigenvalue weighted by Gasteiger charge is -2.13. The van der Waals surface area contributed by atoms with Crippen LogP contribution in [-0.2, 0) is 6.42 Å². The van der Waals surface area contributed by atoms with Gasteiger partial charge >= 0.3 is 0 Å². The van der Waals surface area contributed by atoms with Crippen LogP contribution in [0.2, 0.25) is 0 Å². The zero-order chi connectivity index (χ0) is 13.7. The molecule has 4 rings (SSSR count). The fourth-order valence-electron chi connectivity index (χ4n) is 2.79. The van der Waals surface area contributed by atoms with E-state index in [9.17, 15) is 4.79 Å². The van der Waals surface area contributed by atoms with E-state index in [2.05, 4.69) is 6.07 Å². The summed E-state index contributed by atoms with van der Waals surface area (Å²) in [4.78, 5) is 12.5. The first-order valence-electron chi connectivity index (χ1n) is 6.36. The molecule has 0 spiro atoms. The van der Waals surface area contributed by atoms with Gasteiger partial charge in [0.2, 0.25) is 5.78 Å². The predicted molar refractivity (Wildman–Crippen MR) is 73.6 cm³/mol. The van der Waals surface area contributed by atoms with Gasteiger partial charge in [-0.25, -0.2) is 0 Å². The maximum absolute atomic E-state index is 12.5. The van der Waals surface area contributed by atoms with Gasteiger partial charge in [-0.3, -0.25) is 4.79 Å². The van der Waals surface area contributed by atoms with Crippen LogP contribution in [0.3, 0.4) is 0 Å². The summed E-state index contributed by atoms with van der Waals surface area (Å²) in [5.41, 5.74) is 3.80. The zero-order valence-corrected chi connectivity index (χ0v) is 10.5. The van der Waals surface area contributed by atoms with Crippen molar-refractivity contribution in [2.75, 3.05) is 0 Å². The highest BCUT2D eigenvalue weighted by atomic mass is 16.3. The van der Waals surface area contributed by atoms with Gasteiger partial charge in [0, 0.05) is 22.9 Å². The average molecular weight is 259 g/mol. The summed E-state index contributed by atoms with van der Waals surface area (Å²) in [5, 5.41) is 9.85. The molecule has 0 radical (unpaired) electrons. The number of nitrogens with zero attached hydrogens (tertiary/aromatic N) is 1. The van der Waals surface area contributed by atoms with Crippen LogP contribution in [0, 0.1) is 11.3 Å². The first-order chi connectivity index (χ1) is 9.78. The number of hydrogen-bond donors (Lipinski definition) is 0. The van der Waals surface area contributed by atoms with Gasteiger partial charge in [0.25, 0.3) is 0 Å². The predicted octanol–water partition coefficient (Wildman–Crippen LogP) is 3.44. The summed E-state index contributed by atoms with van der Waals surface area (Å²) < 4.78 is 5.70. The molecule has 0 amide bonds. The zero-order valence-electron chi connectivity index (χ0n) is 10.5. The van der Waals surface area contributed by atoms with Crippen molar-refractivity contribution >= 4 is 16.8 Å². The standard InChI is InChI=1S/C17H9NO2/c18-9-10-5-6-13-14-8-11-3-1-2-4-12(11)16(19)17(14)20-15(13)7-10/h1-7H,8H2. The van der Waals surface area contributed by atoms with Crippen LogP contribution in [0.4, 0.5) is 0 Å². The normalized spacial score (nSPS) is 12.8. The molecule has 1 aliphatic carbocycles. The second kappa shape index (κ2) is 3.82. The lowest BCUT2D eigenvalue weighted by atomic mass is 9.88. The van der Waals surface area contributed by atoms with Crippen LogP contribution in [0.1, 0.15) is 32.8 Å². The lowest BCUT2D eigenvalue weighted by molar-refractivity contribution is 0.101. The first-order valence-corrected chi connectivity index (χ1v) is 6.36. The van der Waals surface area contributed by atoms with Crippen LogP contribution in [0.25, 0.3) is 11.0 Å². The average Bonchev–Trinajstić information content (AvgIpc) is 2.85. The van der Waals surface area contributed by atoms with Gasteiger partial charge in [0.1, 0.15) is 5.58 Å². The maximum Gasteiger partial charge on any atom is 0.228 e. The van der Waals surface area contributed by atoms with Crippen molar-refractivity contribution in [3.05, 3.63) is 70.5 Å². The van der Waals surface area contributed by atoms with Crippen molar-refractivity contribution in [1.29, 1.82) is 5.26 Å². The molecule has 2 aromatic carbocycles. The van der Waals surface area contributed by atoms with E-state index in [1.807, 2.05) is 30.3 Å². The van der Waals surface area contributed by atoms with Crippen molar-refractivity contribution in [2.45, 2.75) is 6.42 Å². The molecule has 3 aromatic rings. The minimum absolute atomic E-state index is 0.0726. The maximum atomic E-state index is 12.5. The van der Waals surface area contributed by atoms with Gasteiger partial charge in [-0.15, -0.1) is 0 Å². The molecule has 1 aromatic heterocycles. The number of carbonyl (C=O) groups excluding carboxylic acids is 1. The number of ketones is 1. The van der Waals surface area contributed by atoms with Gasteiger partial charge in [-0.05, 0) is 23.8 Å². The third kappa shape index (κ3) is 1.36. The molecule has 0 saturated carbocycles. The molecule has 0 unspecified atom stereocenters. The number of carbonyl (C=O) groups is 1. The van der Waals surface area contributed by atoms with Gasteiger partial charge in [-0.1, -0.05) is 24.3 Å². The number of hydrogen-bond acceptors (Lipinski definition) is 3. The number of benzene rings is 2. The fraction of sp³-hybridized carbons (Fsp3) is 0.0588. The molecule has 0 bridgehead atoms. The summed E-state index contributed by atoms with van der Waals surface area (Å²) in [7, 11) is 0. The van der Waals surface area contributed by atoms with Crippen molar-refractivity contribution in [3.63, 3.8) is 0 Å². The molecule has 1 aliphatic rings. The van der Waals surface area contributed by atoms with E-state index in [0.29, 0.717) is 28.9 Å². The lowest BCUT2D eigenvalue weighted by Crippen LogP contribution is -2.12. The highest BCUT2D eigenvalue weighted by Crippen LogP contribution is 2.34. The largest absolute Gasteiger partial charge is 0.452 e. The van der Waals surface area contributed by atoms with Crippen LogP contribution < -0.4 is 0 Å². The molecule has 1 heterocycles. The first kappa shape index (κ1) is 11.0. The van der Waals surface area contributed by atoms with E-state index in [1.54, 1.807) is 12.1 Å². The second-order valence-electron chi connectivity index (χ2n) is 4.90. The molecule has 0 saturated heterocycles. The quantitative estimate of drug-likeness (QED) is 0.486. The van der Waals surface area contributed by atoms with Crippen LogP contribution in [0.15, 0.2) is 46.9 Å². The van der Waals surface area contributed by atoms with Crippen molar-refractivity contribution in [3.8, 4) is 6.07 Å². The van der Waals surface area contributed by atoms with E-state index >= 15 is 0 Å². The van der Waals surface area contributed by atoms with Crippen molar-refractivity contribution < 1.29 is 9.21 Å². The highest BCUT2D eigenvalue weighted by molar-refractivity contribution is 6.13. The van der Waals surface area contributed by atoms with E-state index in [0.717, 1.165) is 16.5 Å². The summed E-state index contributed by atoms with van der Waals surface area (Å²) in [6.45, 7) is 0. The Labute approximate surface area is 115 Å². The Morgan fingerprint density at radius 3 is 2.85 bits per heavy atom. The Balaban J connectivity index is 2.01. The Bertz CT molecular complexity index is 912. The molecule has 0 atom stereocenters. The smallest absolute Gasteiger partial charge is 0.228 e. The summed E-state index contributed by atoms with van der Waals surface area (Å²) in [6.07, 6.45) is 0.691. The Morgan fingerprint density at radius 2 is 2.00 bits per heavy atom. The summed E-state index contributed by atoms with van der Waals surface area (Å²) in [6, 6.07) is 15.0. The van der Waals surface area contributed by atoms with Crippen LogP contribution in [-0.4, -0.2) is 5.78 Å². The van der Waals surface area contributed by atoms with E-state index in [-0.39, 0.29) is 5.78 Å². The van der Waals surface area contributed by atoms with E-state index < -0.39 is 0 Å². The third-order valence-electron chi connectivity index (χ3n) is 3.76. The van der Waals surface area contributed by atoms with Crippen LogP contribution in [0.5, 0.6) is 0 Å². The van der Waals surface area contributed by atoms with E-state index in [4.69, 9.17) is 9.68 Å². The molecular weight excluding hydrogens is 250 g/mol. The van der Waals surface area contributed by atoms with E-state index in [1.165, 1.54) is 0 Å².